The SMILES string of the molecule is COc1cc(OC)cc(-c2cnn3ccc(Cl)nc23)c1. The van der Waals surface area contributed by atoms with Crippen molar-refractivity contribution in [1.82, 2.24) is 14.6 Å². The van der Waals surface area contributed by atoms with E-state index in [1.54, 1.807) is 37.2 Å². The van der Waals surface area contributed by atoms with Crippen LogP contribution in [0, 0.1) is 0 Å². The molecule has 0 aliphatic carbocycles. The third-order valence-corrected chi connectivity index (χ3v) is 3.21. The van der Waals surface area contributed by atoms with Crippen LogP contribution in [-0.2, 0) is 0 Å². The second-order valence-corrected chi connectivity index (χ2v) is 4.57. The summed E-state index contributed by atoms with van der Waals surface area (Å²) in [4.78, 5) is 4.31. The molecule has 0 radical (unpaired) electrons. The van der Waals surface area contributed by atoms with Crippen molar-refractivity contribution in [1.29, 1.82) is 0 Å². The summed E-state index contributed by atoms with van der Waals surface area (Å²) in [6, 6.07) is 7.32. The van der Waals surface area contributed by atoms with Crippen LogP contribution >= 0.6 is 11.6 Å². The van der Waals surface area contributed by atoms with Crippen LogP contribution in [0.4, 0.5) is 0 Å². The number of hydrogen-bond donors (Lipinski definition) is 0. The molecule has 0 unspecified atom stereocenters. The predicted molar refractivity (Wildman–Crippen MR) is 76.5 cm³/mol. The van der Waals surface area contributed by atoms with Gasteiger partial charge in [-0.15, -0.1) is 0 Å². The van der Waals surface area contributed by atoms with Crippen molar-refractivity contribution in [3.05, 3.63) is 41.8 Å². The van der Waals surface area contributed by atoms with E-state index in [1.165, 1.54) is 0 Å². The fourth-order valence-electron chi connectivity index (χ4n) is 2.01. The molecular formula is C14H12ClN3O2. The Kier molecular flexibility index (Phi) is 3.20. The number of halogens is 1. The lowest BCUT2D eigenvalue weighted by Gasteiger charge is -2.07. The first-order chi connectivity index (χ1) is 9.71. The molecule has 0 N–H and O–H groups in total. The van der Waals surface area contributed by atoms with Gasteiger partial charge in [0.1, 0.15) is 16.7 Å². The van der Waals surface area contributed by atoms with Gasteiger partial charge in [-0.2, -0.15) is 5.10 Å². The normalized spacial score (nSPS) is 10.8. The van der Waals surface area contributed by atoms with Gasteiger partial charge in [-0.3, -0.25) is 0 Å². The van der Waals surface area contributed by atoms with Gasteiger partial charge >= 0.3 is 0 Å². The van der Waals surface area contributed by atoms with Crippen molar-refractivity contribution >= 4 is 17.2 Å². The minimum absolute atomic E-state index is 0.425. The van der Waals surface area contributed by atoms with Crippen molar-refractivity contribution in [2.45, 2.75) is 0 Å². The molecule has 3 rings (SSSR count). The van der Waals surface area contributed by atoms with Gasteiger partial charge in [0, 0.05) is 17.8 Å². The number of rotatable bonds is 3. The van der Waals surface area contributed by atoms with Crippen LogP contribution in [0.3, 0.4) is 0 Å². The molecule has 0 aliphatic rings. The maximum absolute atomic E-state index is 5.95. The average molecular weight is 290 g/mol. The quantitative estimate of drug-likeness (QED) is 0.695. The third-order valence-electron chi connectivity index (χ3n) is 3.00. The molecule has 2 heterocycles. The zero-order valence-electron chi connectivity index (χ0n) is 11.0. The van der Waals surface area contributed by atoms with E-state index in [0.717, 1.165) is 11.1 Å². The van der Waals surface area contributed by atoms with Gasteiger partial charge in [0.05, 0.1) is 20.4 Å². The molecule has 1 aromatic carbocycles. The number of aromatic nitrogens is 3. The van der Waals surface area contributed by atoms with Crippen molar-refractivity contribution in [3.63, 3.8) is 0 Å². The minimum atomic E-state index is 0.425. The van der Waals surface area contributed by atoms with E-state index in [2.05, 4.69) is 10.1 Å². The first-order valence-corrected chi connectivity index (χ1v) is 6.32. The molecule has 2 aromatic heterocycles. The Hall–Kier alpha value is -2.27. The summed E-state index contributed by atoms with van der Waals surface area (Å²) in [5, 5.41) is 4.69. The number of nitrogens with zero attached hydrogens (tertiary/aromatic N) is 3. The van der Waals surface area contributed by atoms with Gasteiger partial charge in [-0.25, -0.2) is 9.50 Å². The fraction of sp³-hybridized carbons (Fsp3) is 0.143. The molecule has 0 fully saturated rings. The van der Waals surface area contributed by atoms with Crippen LogP contribution in [0.5, 0.6) is 11.5 Å². The van der Waals surface area contributed by atoms with Crippen LogP contribution in [-0.4, -0.2) is 28.8 Å². The number of benzene rings is 1. The smallest absolute Gasteiger partial charge is 0.164 e. The molecule has 0 atom stereocenters. The highest BCUT2D eigenvalue weighted by atomic mass is 35.5. The second-order valence-electron chi connectivity index (χ2n) is 4.18. The highest BCUT2D eigenvalue weighted by Crippen LogP contribution is 2.31. The monoisotopic (exact) mass is 289 g/mol. The second kappa shape index (κ2) is 5.02. The summed E-state index contributed by atoms with van der Waals surface area (Å²) in [5.74, 6) is 1.42. The Morgan fingerprint density at radius 2 is 1.80 bits per heavy atom. The van der Waals surface area contributed by atoms with Gasteiger partial charge in [-0.1, -0.05) is 11.6 Å². The molecule has 0 aliphatic heterocycles. The number of hydrogen-bond acceptors (Lipinski definition) is 4. The standard InChI is InChI=1S/C14H12ClN3O2/c1-19-10-5-9(6-11(7-10)20-2)12-8-16-18-4-3-13(15)17-14(12)18/h3-8H,1-2H3. The fourth-order valence-corrected chi connectivity index (χ4v) is 2.15. The Morgan fingerprint density at radius 1 is 1.10 bits per heavy atom. The predicted octanol–water partition coefficient (Wildman–Crippen LogP) is 3.07. The zero-order valence-corrected chi connectivity index (χ0v) is 11.8. The molecule has 6 heteroatoms. The molecule has 102 valence electrons. The Morgan fingerprint density at radius 3 is 2.45 bits per heavy atom. The highest BCUT2D eigenvalue weighted by Gasteiger charge is 2.11. The van der Waals surface area contributed by atoms with Gasteiger partial charge < -0.3 is 9.47 Å². The average Bonchev–Trinajstić information content (AvgIpc) is 2.89. The molecule has 0 spiro atoms. The summed E-state index contributed by atoms with van der Waals surface area (Å²) >= 11 is 5.95. The number of fused-ring (bicyclic) bond motifs is 1. The van der Waals surface area contributed by atoms with E-state index in [9.17, 15) is 0 Å². The van der Waals surface area contributed by atoms with Crippen LogP contribution in [0.15, 0.2) is 36.7 Å². The zero-order chi connectivity index (χ0) is 14.1. The molecule has 0 bridgehead atoms. The molecule has 3 aromatic rings. The Bertz CT molecular complexity index is 748. The van der Waals surface area contributed by atoms with Crippen LogP contribution in [0.1, 0.15) is 0 Å². The largest absolute Gasteiger partial charge is 0.497 e. The van der Waals surface area contributed by atoms with Crippen molar-refractivity contribution in [2.75, 3.05) is 14.2 Å². The summed E-state index contributed by atoms with van der Waals surface area (Å²) < 4.78 is 12.2. The maximum Gasteiger partial charge on any atom is 0.164 e. The summed E-state index contributed by atoms with van der Waals surface area (Å²) in [5.41, 5.74) is 2.46. The third kappa shape index (κ3) is 2.16. The molecule has 0 amide bonds. The maximum atomic E-state index is 5.95. The van der Waals surface area contributed by atoms with E-state index < -0.39 is 0 Å². The van der Waals surface area contributed by atoms with Crippen LogP contribution < -0.4 is 9.47 Å². The molecule has 0 saturated carbocycles. The first-order valence-electron chi connectivity index (χ1n) is 5.94. The number of methoxy groups -OCH3 is 2. The number of ether oxygens (including phenoxy) is 2. The summed E-state index contributed by atoms with van der Waals surface area (Å²) in [6.07, 6.45) is 3.51. The van der Waals surface area contributed by atoms with E-state index >= 15 is 0 Å². The van der Waals surface area contributed by atoms with Gasteiger partial charge in [0.15, 0.2) is 5.65 Å². The van der Waals surface area contributed by atoms with Gasteiger partial charge in [0.2, 0.25) is 0 Å². The van der Waals surface area contributed by atoms with Crippen LogP contribution in [0.2, 0.25) is 5.15 Å². The minimum Gasteiger partial charge on any atom is -0.497 e. The van der Waals surface area contributed by atoms with Crippen molar-refractivity contribution in [3.8, 4) is 22.6 Å². The summed E-state index contributed by atoms with van der Waals surface area (Å²) in [6.45, 7) is 0. The van der Waals surface area contributed by atoms with Gasteiger partial charge in [0.25, 0.3) is 0 Å². The summed E-state index contributed by atoms with van der Waals surface area (Å²) in [7, 11) is 3.23. The lowest BCUT2D eigenvalue weighted by molar-refractivity contribution is 0.394. The van der Waals surface area contributed by atoms with Gasteiger partial charge in [-0.05, 0) is 23.8 Å². The van der Waals surface area contributed by atoms with E-state index in [-0.39, 0.29) is 0 Å². The molecular weight excluding hydrogens is 278 g/mol. The van der Waals surface area contributed by atoms with Crippen molar-refractivity contribution in [2.24, 2.45) is 0 Å². The lowest BCUT2D eigenvalue weighted by Crippen LogP contribution is -1.91. The first kappa shape index (κ1) is 12.7. The molecule has 20 heavy (non-hydrogen) atoms. The lowest BCUT2D eigenvalue weighted by atomic mass is 10.1. The highest BCUT2D eigenvalue weighted by molar-refractivity contribution is 6.29. The molecule has 0 saturated heterocycles. The topological polar surface area (TPSA) is 48.7 Å². The van der Waals surface area contributed by atoms with Crippen LogP contribution in [0.25, 0.3) is 16.8 Å². The van der Waals surface area contributed by atoms with E-state index in [1.807, 2.05) is 18.2 Å². The van der Waals surface area contributed by atoms with E-state index in [4.69, 9.17) is 21.1 Å². The van der Waals surface area contributed by atoms with E-state index in [0.29, 0.717) is 22.3 Å². The Labute approximate surface area is 120 Å². The Balaban J connectivity index is 2.22. The van der Waals surface area contributed by atoms with Crippen molar-refractivity contribution < 1.29 is 9.47 Å². The molecule has 5 nitrogen and oxygen atoms in total.